The van der Waals surface area contributed by atoms with Crippen LogP contribution in [0, 0.1) is 0 Å². The first-order valence-corrected chi connectivity index (χ1v) is 9.27. The van der Waals surface area contributed by atoms with Gasteiger partial charge in [-0.25, -0.2) is 13.4 Å². The zero-order valence-electron chi connectivity index (χ0n) is 11.3. The fourth-order valence-electron chi connectivity index (χ4n) is 2.48. The number of thiazole rings is 1. The molecule has 1 saturated carbocycles. The molecule has 21 heavy (non-hydrogen) atoms. The van der Waals surface area contributed by atoms with Crippen molar-refractivity contribution in [2.75, 3.05) is 16.6 Å². The number of fused-ring (bicyclic) bond motifs is 1. The molecule has 2 heterocycles. The van der Waals surface area contributed by atoms with E-state index in [4.69, 9.17) is 0 Å². The van der Waals surface area contributed by atoms with Gasteiger partial charge in [0.05, 0.1) is 16.9 Å². The van der Waals surface area contributed by atoms with Crippen LogP contribution < -0.4 is 10.0 Å². The first kappa shape index (κ1) is 13.1. The van der Waals surface area contributed by atoms with E-state index in [0.717, 1.165) is 36.5 Å². The first-order chi connectivity index (χ1) is 10.1. The number of hydrogen-bond acceptors (Lipinski definition) is 5. The Morgan fingerprint density at radius 3 is 3.00 bits per heavy atom. The van der Waals surface area contributed by atoms with E-state index < -0.39 is 10.0 Å². The molecule has 1 aromatic carbocycles. The Labute approximate surface area is 127 Å². The van der Waals surface area contributed by atoms with E-state index in [9.17, 15) is 8.42 Å². The number of sulfonamides is 1. The number of aromatic nitrogens is 1. The third kappa shape index (κ3) is 2.51. The highest BCUT2D eigenvalue weighted by atomic mass is 32.2. The summed E-state index contributed by atoms with van der Waals surface area (Å²) >= 11 is 1.28. The van der Waals surface area contributed by atoms with Crippen LogP contribution in [0.25, 0.3) is 0 Å². The minimum Gasteiger partial charge on any atom is -0.384 e. The number of rotatable bonds is 4. The number of anilines is 2. The molecule has 1 aliphatic carbocycles. The summed E-state index contributed by atoms with van der Waals surface area (Å²) in [5.74, 6) is 0.475. The molecule has 0 bridgehead atoms. The molecule has 4 rings (SSSR count). The number of benzene rings is 1. The van der Waals surface area contributed by atoms with Gasteiger partial charge in [0, 0.05) is 18.2 Å². The van der Waals surface area contributed by atoms with Crippen LogP contribution in [0.4, 0.5) is 11.4 Å². The largest absolute Gasteiger partial charge is 0.384 e. The van der Waals surface area contributed by atoms with E-state index in [0.29, 0.717) is 11.6 Å². The van der Waals surface area contributed by atoms with Crippen LogP contribution in [-0.4, -0.2) is 19.9 Å². The molecule has 0 amide bonds. The SMILES string of the molecule is O=S(=O)(Nc1ccc2c(c1)NCC2)c1cnc(C2CC2)s1. The highest BCUT2D eigenvalue weighted by Gasteiger charge is 2.29. The standard InChI is InChI=1S/C14H15N3O2S2/c18-21(19,13-8-16-14(20-13)10-1-2-10)17-11-4-3-9-5-6-15-12(9)7-11/h3-4,7-8,10,15,17H,1-2,5-6H2. The molecule has 1 aliphatic heterocycles. The van der Waals surface area contributed by atoms with Gasteiger partial charge in [-0.05, 0) is 37.0 Å². The molecule has 2 aliphatic rings. The zero-order chi connectivity index (χ0) is 14.4. The quantitative estimate of drug-likeness (QED) is 0.908. The molecule has 0 saturated heterocycles. The van der Waals surface area contributed by atoms with Crippen LogP contribution in [0.15, 0.2) is 28.6 Å². The Balaban J connectivity index is 1.59. The molecule has 2 aromatic rings. The summed E-state index contributed by atoms with van der Waals surface area (Å²) in [6.07, 6.45) is 4.70. The van der Waals surface area contributed by atoms with Crippen molar-refractivity contribution in [3.05, 3.63) is 35.0 Å². The minimum atomic E-state index is -3.54. The summed E-state index contributed by atoms with van der Waals surface area (Å²) in [7, 11) is -3.54. The molecule has 7 heteroatoms. The lowest BCUT2D eigenvalue weighted by molar-refractivity contribution is 0.603. The van der Waals surface area contributed by atoms with Crippen LogP contribution in [0.5, 0.6) is 0 Å². The van der Waals surface area contributed by atoms with Gasteiger partial charge in [-0.15, -0.1) is 11.3 Å². The average molecular weight is 321 g/mol. The van der Waals surface area contributed by atoms with Crippen molar-refractivity contribution >= 4 is 32.7 Å². The summed E-state index contributed by atoms with van der Waals surface area (Å²) in [4.78, 5) is 4.23. The summed E-state index contributed by atoms with van der Waals surface area (Å²) < 4.78 is 27.7. The van der Waals surface area contributed by atoms with Gasteiger partial charge in [-0.1, -0.05) is 6.07 Å². The molecule has 5 nitrogen and oxygen atoms in total. The van der Waals surface area contributed by atoms with Gasteiger partial charge in [0.15, 0.2) is 4.21 Å². The van der Waals surface area contributed by atoms with Gasteiger partial charge < -0.3 is 5.32 Å². The Bertz CT molecular complexity index is 794. The molecule has 110 valence electrons. The molecule has 0 atom stereocenters. The van der Waals surface area contributed by atoms with Crippen molar-refractivity contribution < 1.29 is 8.42 Å². The minimum absolute atomic E-state index is 0.290. The first-order valence-electron chi connectivity index (χ1n) is 6.97. The molecular formula is C14H15N3O2S2. The van der Waals surface area contributed by atoms with Crippen molar-refractivity contribution in [1.29, 1.82) is 0 Å². The number of hydrogen-bond donors (Lipinski definition) is 2. The molecular weight excluding hydrogens is 306 g/mol. The fraction of sp³-hybridized carbons (Fsp3) is 0.357. The summed E-state index contributed by atoms with van der Waals surface area (Å²) in [5.41, 5.74) is 2.83. The topological polar surface area (TPSA) is 71.1 Å². The van der Waals surface area contributed by atoms with E-state index in [1.807, 2.05) is 18.2 Å². The van der Waals surface area contributed by atoms with E-state index in [-0.39, 0.29) is 4.21 Å². The summed E-state index contributed by atoms with van der Waals surface area (Å²) in [6, 6.07) is 5.63. The monoisotopic (exact) mass is 321 g/mol. The van der Waals surface area contributed by atoms with E-state index in [2.05, 4.69) is 15.0 Å². The van der Waals surface area contributed by atoms with Crippen molar-refractivity contribution in [2.45, 2.75) is 29.4 Å². The van der Waals surface area contributed by atoms with Crippen molar-refractivity contribution in [2.24, 2.45) is 0 Å². The average Bonchev–Trinajstić information content (AvgIpc) is 3.01. The second-order valence-corrected chi connectivity index (χ2v) is 8.42. The molecule has 0 spiro atoms. The Morgan fingerprint density at radius 2 is 2.19 bits per heavy atom. The Morgan fingerprint density at radius 1 is 1.33 bits per heavy atom. The maximum Gasteiger partial charge on any atom is 0.273 e. The molecule has 2 N–H and O–H groups in total. The summed E-state index contributed by atoms with van der Waals surface area (Å²) in [6.45, 7) is 0.908. The predicted octanol–water partition coefficient (Wildman–Crippen LogP) is 2.79. The predicted molar refractivity (Wildman–Crippen MR) is 83.5 cm³/mol. The van der Waals surface area contributed by atoms with Crippen LogP contribution in [0.2, 0.25) is 0 Å². The third-order valence-corrected chi connectivity index (χ3v) is 6.77. The second-order valence-electron chi connectivity index (χ2n) is 5.45. The molecule has 1 aromatic heterocycles. The Hall–Kier alpha value is -1.60. The third-order valence-electron chi connectivity index (χ3n) is 3.77. The lowest BCUT2D eigenvalue weighted by atomic mass is 10.1. The molecule has 1 fully saturated rings. The van der Waals surface area contributed by atoms with Gasteiger partial charge in [-0.2, -0.15) is 0 Å². The normalized spacial score (nSPS) is 17.3. The van der Waals surface area contributed by atoms with Crippen LogP contribution in [0.1, 0.15) is 29.3 Å². The lowest BCUT2D eigenvalue weighted by Gasteiger charge is -2.08. The number of nitrogens with zero attached hydrogens (tertiary/aromatic N) is 1. The lowest BCUT2D eigenvalue weighted by Crippen LogP contribution is -2.11. The van der Waals surface area contributed by atoms with E-state index >= 15 is 0 Å². The fourth-order valence-corrected chi connectivity index (χ4v) is 4.84. The van der Waals surface area contributed by atoms with Crippen LogP contribution in [0.3, 0.4) is 0 Å². The molecule has 0 unspecified atom stereocenters. The van der Waals surface area contributed by atoms with Gasteiger partial charge in [0.2, 0.25) is 0 Å². The zero-order valence-corrected chi connectivity index (χ0v) is 12.9. The highest BCUT2D eigenvalue weighted by Crippen LogP contribution is 2.42. The Kier molecular flexibility index (Phi) is 2.93. The van der Waals surface area contributed by atoms with Crippen molar-refractivity contribution in [1.82, 2.24) is 4.98 Å². The van der Waals surface area contributed by atoms with Gasteiger partial charge >= 0.3 is 0 Å². The maximum atomic E-state index is 12.4. The highest BCUT2D eigenvalue weighted by molar-refractivity contribution is 7.94. The van der Waals surface area contributed by atoms with Gasteiger partial charge in [-0.3, -0.25) is 4.72 Å². The van der Waals surface area contributed by atoms with Gasteiger partial charge in [0.1, 0.15) is 0 Å². The van der Waals surface area contributed by atoms with Crippen LogP contribution >= 0.6 is 11.3 Å². The number of nitrogens with one attached hydrogen (secondary N) is 2. The van der Waals surface area contributed by atoms with Crippen LogP contribution in [-0.2, 0) is 16.4 Å². The smallest absolute Gasteiger partial charge is 0.273 e. The van der Waals surface area contributed by atoms with Gasteiger partial charge in [0.25, 0.3) is 10.0 Å². The van der Waals surface area contributed by atoms with E-state index in [1.165, 1.54) is 23.1 Å². The summed E-state index contributed by atoms with van der Waals surface area (Å²) in [5, 5.41) is 4.18. The van der Waals surface area contributed by atoms with Crippen molar-refractivity contribution in [3.8, 4) is 0 Å². The van der Waals surface area contributed by atoms with Crippen molar-refractivity contribution in [3.63, 3.8) is 0 Å². The van der Waals surface area contributed by atoms with E-state index in [1.54, 1.807) is 0 Å². The maximum absolute atomic E-state index is 12.4. The molecule has 0 radical (unpaired) electrons. The second kappa shape index (κ2) is 4.71.